The second-order valence-electron chi connectivity index (χ2n) is 6.29. The summed E-state index contributed by atoms with van der Waals surface area (Å²) >= 11 is 0. The molecule has 15 heavy (non-hydrogen) atoms. The van der Waals surface area contributed by atoms with Gasteiger partial charge < -0.3 is 10.2 Å². The highest BCUT2D eigenvalue weighted by Gasteiger charge is 2.33. The van der Waals surface area contributed by atoms with Crippen molar-refractivity contribution in [2.75, 3.05) is 20.1 Å². The zero-order valence-electron chi connectivity index (χ0n) is 10.6. The van der Waals surface area contributed by atoms with E-state index in [4.69, 9.17) is 0 Å². The number of hydrogen-bond donors (Lipinski definition) is 1. The van der Waals surface area contributed by atoms with Crippen LogP contribution in [-0.4, -0.2) is 37.1 Å². The first-order chi connectivity index (χ1) is 7.07. The normalized spacial score (nSPS) is 35.2. The van der Waals surface area contributed by atoms with Crippen LogP contribution in [0.15, 0.2) is 0 Å². The Labute approximate surface area is 94.4 Å². The number of hydrogen-bond acceptors (Lipinski definition) is 2. The zero-order chi connectivity index (χ0) is 10.9. The Hall–Kier alpha value is -0.0800. The first-order valence-electron chi connectivity index (χ1n) is 6.50. The standard InChI is InChI=1S/C13H26N2/c1-13(2)7-6-12(9-13)15(3)10-11-5-4-8-14-11/h11-12,14H,4-10H2,1-3H3. The van der Waals surface area contributed by atoms with E-state index in [1.54, 1.807) is 0 Å². The SMILES string of the molecule is CN(CC1CCCN1)C1CCC(C)(C)C1. The third kappa shape index (κ3) is 2.94. The number of rotatable bonds is 3. The van der Waals surface area contributed by atoms with E-state index in [1.165, 1.54) is 45.2 Å². The Morgan fingerprint density at radius 3 is 2.67 bits per heavy atom. The number of likely N-dealkylation sites (N-methyl/N-ethyl adjacent to an activating group) is 1. The summed E-state index contributed by atoms with van der Waals surface area (Å²) in [6, 6.07) is 1.60. The van der Waals surface area contributed by atoms with Crippen LogP contribution >= 0.6 is 0 Å². The molecule has 1 saturated heterocycles. The molecule has 1 saturated carbocycles. The van der Waals surface area contributed by atoms with Crippen LogP contribution in [0.2, 0.25) is 0 Å². The molecule has 2 aliphatic rings. The van der Waals surface area contributed by atoms with Crippen LogP contribution in [0.25, 0.3) is 0 Å². The van der Waals surface area contributed by atoms with Crippen molar-refractivity contribution in [2.45, 2.75) is 58.0 Å². The summed E-state index contributed by atoms with van der Waals surface area (Å²) < 4.78 is 0. The highest BCUT2D eigenvalue weighted by molar-refractivity contribution is 4.89. The average Bonchev–Trinajstić information content (AvgIpc) is 2.74. The summed E-state index contributed by atoms with van der Waals surface area (Å²) in [5.41, 5.74) is 0.585. The van der Waals surface area contributed by atoms with Crippen LogP contribution in [-0.2, 0) is 0 Å². The average molecular weight is 210 g/mol. The minimum Gasteiger partial charge on any atom is -0.313 e. The molecule has 0 aromatic carbocycles. The molecule has 1 N–H and O–H groups in total. The van der Waals surface area contributed by atoms with Crippen molar-refractivity contribution in [3.05, 3.63) is 0 Å². The lowest BCUT2D eigenvalue weighted by atomic mass is 9.91. The Bertz CT molecular complexity index is 207. The van der Waals surface area contributed by atoms with Crippen LogP contribution in [0.5, 0.6) is 0 Å². The van der Waals surface area contributed by atoms with Crippen molar-refractivity contribution < 1.29 is 0 Å². The molecule has 1 aliphatic carbocycles. The van der Waals surface area contributed by atoms with Gasteiger partial charge in [-0.1, -0.05) is 13.8 Å². The van der Waals surface area contributed by atoms with E-state index >= 15 is 0 Å². The summed E-state index contributed by atoms with van der Waals surface area (Å²) in [4.78, 5) is 2.59. The first kappa shape index (κ1) is 11.4. The molecule has 2 unspecified atom stereocenters. The van der Waals surface area contributed by atoms with E-state index in [9.17, 15) is 0 Å². The van der Waals surface area contributed by atoms with Crippen LogP contribution in [0, 0.1) is 5.41 Å². The van der Waals surface area contributed by atoms with Crippen molar-refractivity contribution in [1.29, 1.82) is 0 Å². The smallest absolute Gasteiger partial charge is 0.0195 e. The molecule has 0 bridgehead atoms. The maximum atomic E-state index is 3.59. The molecule has 1 aliphatic heterocycles. The van der Waals surface area contributed by atoms with Gasteiger partial charge >= 0.3 is 0 Å². The fourth-order valence-corrected chi connectivity index (χ4v) is 3.18. The van der Waals surface area contributed by atoms with Crippen molar-refractivity contribution in [3.63, 3.8) is 0 Å². The van der Waals surface area contributed by atoms with Gasteiger partial charge in [-0.2, -0.15) is 0 Å². The molecular formula is C13H26N2. The van der Waals surface area contributed by atoms with Gasteiger partial charge in [0.05, 0.1) is 0 Å². The molecule has 0 amide bonds. The van der Waals surface area contributed by atoms with Gasteiger partial charge in [0.25, 0.3) is 0 Å². The van der Waals surface area contributed by atoms with Gasteiger partial charge in [-0.15, -0.1) is 0 Å². The van der Waals surface area contributed by atoms with E-state index in [-0.39, 0.29) is 0 Å². The van der Waals surface area contributed by atoms with Gasteiger partial charge in [-0.05, 0) is 51.1 Å². The molecule has 1 heterocycles. The molecular weight excluding hydrogens is 184 g/mol. The van der Waals surface area contributed by atoms with Gasteiger partial charge in [-0.25, -0.2) is 0 Å². The van der Waals surface area contributed by atoms with E-state index in [2.05, 4.69) is 31.1 Å². The lowest BCUT2D eigenvalue weighted by Crippen LogP contribution is -2.40. The van der Waals surface area contributed by atoms with Crippen molar-refractivity contribution in [2.24, 2.45) is 5.41 Å². The molecule has 0 spiro atoms. The fraction of sp³-hybridized carbons (Fsp3) is 1.00. The monoisotopic (exact) mass is 210 g/mol. The Morgan fingerprint density at radius 2 is 2.13 bits per heavy atom. The fourth-order valence-electron chi connectivity index (χ4n) is 3.18. The lowest BCUT2D eigenvalue weighted by molar-refractivity contribution is 0.210. The minimum atomic E-state index is 0.585. The maximum absolute atomic E-state index is 3.59. The van der Waals surface area contributed by atoms with E-state index in [0.717, 1.165) is 12.1 Å². The van der Waals surface area contributed by atoms with E-state index < -0.39 is 0 Å². The molecule has 2 nitrogen and oxygen atoms in total. The highest BCUT2D eigenvalue weighted by atomic mass is 15.2. The van der Waals surface area contributed by atoms with Crippen molar-refractivity contribution >= 4 is 0 Å². The van der Waals surface area contributed by atoms with Crippen LogP contribution < -0.4 is 5.32 Å². The third-order valence-electron chi connectivity index (χ3n) is 4.24. The predicted molar refractivity (Wildman–Crippen MR) is 65.1 cm³/mol. The van der Waals surface area contributed by atoms with E-state index in [1.807, 2.05) is 0 Å². The maximum Gasteiger partial charge on any atom is 0.0195 e. The summed E-state index contributed by atoms with van der Waals surface area (Å²) in [6.45, 7) is 7.30. The Balaban J connectivity index is 1.78. The van der Waals surface area contributed by atoms with Gasteiger partial charge in [0.2, 0.25) is 0 Å². The first-order valence-corrected chi connectivity index (χ1v) is 6.50. The topological polar surface area (TPSA) is 15.3 Å². The Kier molecular flexibility index (Phi) is 3.36. The molecule has 2 fully saturated rings. The quantitative estimate of drug-likeness (QED) is 0.768. The molecule has 0 aromatic rings. The second-order valence-corrected chi connectivity index (χ2v) is 6.29. The molecule has 2 atom stereocenters. The van der Waals surface area contributed by atoms with Crippen LogP contribution in [0.4, 0.5) is 0 Å². The molecule has 88 valence electrons. The summed E-state index contributed by atoms with van der Waals surface area (Å²) in [6.07, 6.45) is 6.93. The number of nitrogens with one attached hydrogen (secondary N) is 1. The lowest BCUT2D eigenvalue weighted by Gasteiger charge is -2.28. The molecule has 0 radical (unpaired) electrons. The number of nitrogens with zero attached hydrogens (tertiary/aromatic N) is 1. The van der Waals surface area contributed by atoms with E-state index in [0.29, 0.717) is 5.41 Å². The predicted octanol–water partition coefficient (Wildman–Crippen LogP) is 2.25. The summed E-state index contributed by atoms with van der Waals surface area (Å²) in [5, 5.41) is 3.59. The van der Waals surface area contributed by atoms with Gasteiger partial charge in [-0.3, -0.25) is 0 Å². The second kappa shape index (κ2) is 4.42. The molecule has 2 rings (SSSR count). The zero-order valence-corrected chi connectivity index (χ0v) is 10.6. The third-order valence-corrected chi connectivity index (χ3v) is 4.24. The minimum absolute atomic E-state index is 0.585. The molecule has 0 aromatic heterocycles. The van der Waals surface area contributed by atoms with Gasteiger partial charge in [0.1, 0.15) is 0 Å². The van der Waals surface area contributed by atoms with Crippen molar-refractivity contribution in [1.82, 2.24) is 10.2 Å². The van der Waals surface area contributed by atoms with Crippen molar-refractivity contribution in [3.8, 4) is 0 Å². The van der Waals surface area contributed by atoms with Crippen LogP contribution in [0.3, 0.4) is 0 Å². The highest BCUT2D eigenvalue weighted by Crippen LogP contribution is 2.39. The van der Waals surface area contributed by atoms with Crippen LogP contribution in [0.1, 0.15) is 46.0 Å². The van der Waals surface area contributed by atoms with Gasteiger partial charge in [0.15, 0.2) is 0 Å². The largest absolute Gasteiger partial charge is 0.313 e. The molecule has 2 heteroatoms. The van der Waals surface area contributed by atoms with Gasteiger partial charge in [0, 0.05) is 18.6 Å². The summed E-state index contributed by atoms with van der Waals surface area (Å²) in [5.74, 6) is 0. The Morgan fingerprint density at radius 1 is 1.33 bits per heavy atom. The summed E-state index contributed by atoms with van der Waals surface area (Å²) in [7, 11) is 2.31.